The van der Waals surface area contributed by atoms with Crippen molar-refractivity contribution in [3.05, 3.63) is 74.1 Å². The molecule has 0 aliphatic rings. The highest BCUT2D eigenvalue weighted by Gasteiger charge is 2.30. The summed E-state index contributed by atoms with van der Waals surface area (Å²) >= 11 is 6.71. The minimum Gasteiger partial charge on any atom is -0.382 e. The van der Waals surface area contributed by atoms with Gasteiger partial charge in [0.1, 0.15) is 17.4 Å². The second-order valence-electron chi connectivity index (χ2n) is 6.28. The van der Waals surface area contributed by atoms with Gasteiger partial charge in [0.15, 0.2) is 0 Å². The Balaban J connectivity index is 2.00. The van der Waals surface area contributed by atoms with Crippen molar-refractivity contribution in [1.82, 2.24) is 4.98 Å². The molecule has 0 spiro atoms. The van der Waals surface area contributed by atoms with Gasteiger partial charge in [0.25, 0.3) is 15.7 Å². The molecule has 3 aromatic rings. The number of ether oxygens (including phenoxy) is 1. The number of halogens is 1. The van der Waals surface area contributed by atoms with Gasteiger partial charge in [0, 0.05) is 29.3 Å². The van der Waals surface area contributed by atoms with Gasteiger partial charge in [-0.2, -0.15) is 0 Å². The number of nitrogen functional groups attached to an aromatic ring is 1. The highest BCUT2D eigenvalue weighted by molar-refractivity contribution is 7.93. The topological polar surface area (TPSA) is 146 Å². The highest BCUT2D eigenvalue weighted by atomic mass is 35.5. The molecule has 10 nitrogen and oxygen atoms in total. The summed E-state index contributed by atoms with van der Waals surface area (Å²) in [5.41, 5.74) is 5.89. The third-order valence-corrected chi connectivity index (χ3v) is 7.35. The van der Waals surface area contributed by atoms with Gasteiger partial charge in [-0.3, -0.25) is 14.9 Å². The maximum absolute atomic E-state index is 13.2. The molecular formula is C19H17ClN4O6S2. The summed E-state index contributed by atoms with van der Waals surface area (Å²) in [6, 6.07) is 10.7. The van der Waals surface area contributed by atoms with Crippen molar-refractivity contribution in [1.29, 1.82) is 0 Å². The molecular weight excluding hydrogens is 480 g/mol. The summed E-state index contributed by atoms with van der Waals surface area (Å²) in [6.07, 6.45) is 0. The Bertz CT molecular complexity index is 1260. The molecule has 1 aromatic heterocycles. The summed E-state index contributed by atoms with van der Waals surface area (Å²) in [5, 5.41) is 11.0. The van der Waals surface area contributed by atoms with Gasteiger partial charge in [-0.25, -0.2) is 17.7 Å². The molecule has 1 heterocycles. The first kappa shape index (κ1) is 23.6. The summed E-state index contributed by atoms with van der Waals surface area (Å²) in [6.45, 7) is 1.57. The van der Waals surface area contributed by atoms with Crippen LogP contribution < -0.4 is 10.0 Å². The van der Waals surface area contributed by atoms with Gasteiger partial charge in [0.05, 0.1) is 9.82 Å². The SMILES string of the molecule is CCOCN(c1nc(N)c(C(=O)c2ccc([N+](=O)[O-])cc2)s1)S(=O)(=O)c1cccc(Cl)c1. The van der Waals surface area contributed by atoms with Gasteiger partial charge in [-0.05, 0) is 37.3 Å². The second kappa shape index (κ2) is 9.61. The molecule has 168 valence electrons. The maximum atomic E-state index is 13.2. The Kier molecular flexibility index (Phi) is 7.09. The minimum absolute atomic E-state index is 0.00311. The first-order valence-corrected chi connectivity index (χ1v) is 11.7. The van der Waals surface area contributed by atoms with Crippen molar-refractivity contribution in [2.45, 2.75) is 11.8 Å². The normalized spacial score (nSPS) is 11.3. The lowest BCUT2D eigenvalue weighted by Gasteiger charge is -2.21. The van der Waals surface area contributed by atoms with E-state index in [1.54, 1.807) is 6.92 Å². The Labute approximate surface area is 192 Å². The van der Waals surface area contributed by atoms with E-state index in [2.05, 4.69) is 4.98 Å². The Morgan fingerprint density at radius 1 is 1.28 bits per heavy atom. The van der Waals surface area contributed by atoms with Crippen LogP contribution in [-0.4, -0.2) is 37.4 Å². The number of aromatic nitrogens is 1. The first-order chi connectivity index (χ1) is 15.1. The fourth-order valence-electron chi connectivity index (χ4n) is 2.61. The maximum Gasteiger partial charge on any atom is 0.269 e. The molecule has 2 aromatic carbocycles. The monoisotopic (exact) mass is 496 g/mol. The first-order valence-electron chi connectivity index (χ1n) is 9.06. The molecule has 0 amide bonds. The number of nitrogens with zero attached hydrogens (tertiary/aromatic N) is 3. The van der Waals surface area contributed by atoms with E-state index in [1.165, 1.54) is 48.5 Å². The number of nitro groups is 1. The van der Waals surface area contributed by atoms with Gasteiger partial charge in [0.2, 0.25) is 10.9 Å². The number of thiazole rings is 1. The molecule has 3 rings (SSSR count). The zero-order valence-electron chi connectivity index (χ0n) is 16.6. The smallest absolute Gasteiger partial charge is 0.269 e. The van der Waals surface area contributed by atoms with Gasteiger partial charge >= 0.3 is 0 Å². The fourth-order valence-corrected chi connectivity index (χ4v) is 5.36. The zero-order valence-corrected chi connectivity index (χ0v) is 19.0. The molecule has 0 bridgehead atoms. The Morgan fingerprint density at radius 2 is 1.97 bits per heavy atom. The van der Waals surface area contributed by atoms with E-state index in [-0.39, 0.29) is 50.3 Å². The van der Waals surface area contributed by atoms with Crippen LogP contribution in [0.3, 0.4) is 0 Å². The summed E-state index contributed by atoms with van der Waals surface area (Å²) in [4.78, 5) is 27.1. The van der Waals surface area contributed by atoms with Crippen LogP contribution in [0.5, 0.6) is 0 Å². The van der Waals surface area contributed by atoms with E-state index >= 15 is 0 Å². The predicted molar refractivity (Wildman–Crippen MR) is 121 cm³/mol. The number of carbonyl (C=O) groups is 1. The number of hydrogen-bond donors (Lipinski definition) is 1. The van der Waals surface area contributed by atoms with Crippen LogP contribution in [0.2, 0.25) is 5.02 Å². The molecule has 0 fully saturated rings. The third kappa shape index (κ3) is 4.88. The molecule has 0 aliphatic heterocycles. The Morgan fingerprint density at radius 3 is 2.56 bits per heavy atom. The van der Waals surface area contributed by atoms with Gasteiger partial charge < -0.3 is 10.5 Å². The van der Waals surface area contributed by atoms with Gasteiger partial charge in [-0.1, -0.05) is 29.0 Å². The van der Waals surface area contributed by atoms with Crippen molar-refractivity contribution in [3.8, 4) is 0 Å². The number of rotatable bonds is 9. The van der Waals surface area contributed by atoms with Crippen molar-refractivity contribution >= 4 is 55.4 Å². The van der Waals surface area contributed by atoms with E-state index in [4.69, 9.17) is 22.1 Å². The van der Waals surface area contributed by atoms with Crippen LogP contribution in [0, 0.1) is 10.1 Å². The van der Waals surface area contributed by atoms with Gasteiger partial charge in [-0.15, -0.1) is 0 Å². The van der Waals surface area contributed by atoms with Crippen molar-refractivity contribution in [3.63, 3.8) is 0 Å². The molecule has 32 heavy (non-hydrogen) atoms. The zero-order chi connectivity index (χ0) is 23.5. The van der Waals surface area contributed by atoms with E-state index in [1.807, 2.05) is 0 Å². The average molecular weight is 497 g/mol. The lowest BCUT2D eigenvalue weighted by Crippen LogP contribution is -2.33. The molecule has 0 radical (unpaired) electrons. The van der Waals surface area contributed by atoms with Crippen molar-refractivity contribution < 1.29 is 22.9 Å². The van der Waals surface area contributed by atoms with E-state index in [0.717, 1.165) is 15.6 Å². The van der Waals surface area contributed by atoms with Crippen LogP contribution in [-0.2, 0) is 14.8 Å². The van der Waals surface area contributed by atoms with Crippen LogP contribution in [0.4, 0.5) is 16.6 Å². The number of sulfonamides is 1. The third-order valence-electron chi connectivity index (χ3n) is 4.20. The second-order valence-corrected chi connectivity index (χ2v) is 9.55. The summed E-state index contributed by atoms with van der Waals surface area (Å²) in [5.74, 6) is -0.714. The Hall–Kier alpha value is -3.06. The number of non-ortho nitro benzene ring substituents is 1. The minimum atomic E-state index is -4.13. The average Bonchev–Trinajstić information content (AvgIpc) is 3.14. The molecule has 0 saturated heterocycles. The quantitative estimate of drug-likeness (QED) is 0.204. The van der Waals surface area contributed by atoms with Crippen LogP contribution in [0.25, 0.3) is 0 Å². The number of anilines is 2. The largest absolute Gasteiger partial charge is 0.382 e. The lowest BCUT2D eigenvalue weighted by molar-refractivity contribution is -0.384. The number of ketones is 1. The lowest BCUT2D eigenvalue weighted by atomic mass is 10.1. The van der Waals surface area contributed by atoms with Crippen LogP contribution >= 0.6 is 22.9 Å². The van der Waals surface area contributed by atoms with E-state index < -0.39 is 20.7 Å². The molecule has 13 heteroatoms. The molecule has 2 N–H and O–H groups in total. The molecule has 0 atom stereocenters. The van der Waals surface area contributed by atoms with Crippen LogP contribution in [0.1, 0.15) is 22.2 Å². The summed E-state index contributed by atoms with van der Waals surface area (Å²) < 4.78 is 32.6. The van der Waals surface area contributed by atoms with E-state index in [9.17, 15) is 23.3 Å². The standard InChI is InChI=1S/C19H17ClN4O6S2/c1-2-30-11-23(32(28,29)15-5-3-4-13(20)10-15)19-22-18(21)17(31-19)16(25)12-6-8-14(9-7-12)24(26)27/h3-10H,2,11,21H2,1H3. The number of benzene rings is 2. The molecule has 0 aliphatic carbocycles. The predicted octanol–water partition coefficient (Wildman–Crippen LogP) is 3.71. The van der Waals surface area contributed by atoms with Crippen LogP contribution in [0.15, 0.2) is 53.4 Å². The molecule has 0 saturated carbocycles. The van der Waals surface area contributed by atoms with Crippen molar-refractivity contribution in [2.75, 3.05) is 23.4 Å². The van der Waals surface area contributed by atoms with Crippen molar-refractivity contribution in [2.24, 2.45) is 0 Å². The summed E-state index contributed by atoms with van der Waals surface area (Å²) in [7, 11) is -4.13. The number of nitro benzene ring substituents is 1. The number of hydrogen-bond acceptors (Lipinski definition) is 9. The van der Waals surface area contributed by atoms with E-state index in [0.29, 0.717) is 0 Å². The number of nitrogens with two attached hydrogens (primary N) is 1. The fraction of sp³-hybridized carbons (Fsp3) is 0.158. The highest BCUT2D eigenvalue weighted by Crippen LogP contribution is 2.34. The number of carbonyl (C=O) groups excluding carboxylic acids is 1. The molecule has 0 unspecified atom stereocenters.